The fraction of sp³-hybridized carbons (Fsp3) is 0.379. The van der Waals surface area contributed by atoms with Crippen LogP contribution in [0.2, 0.25) is 0 Å². The molecule has 2 rings (SSSR count). The summed E-state index contributed by atoms with van der Waals surface area (Å²) in [7, 11) is 0. The molecule has 188 valence electrons. The number of hydrogen-bond donors (Lipinski definition) is 0. The molecule has 0 aliphatic carbocycles. The summed E-state index contributed by atoms with van der Waals surface area (Å²) in [6, 6.07) is 19.7. The molecule has 0 N–H and O–H groups in total. The smallest absolute Gasteiger partial charge is 0.232 e. The van der Waals surface area contributed by atoms with Gasteiger partial charge in [-0.25, -0.2) is 13.1 Å². The Balaban J connectivity index is 1.93. The number of benzene rings is 2. The number of carbonyl (C=O) groups excluding carboxylic acids is 2. The van der Waals surface area contributed by atoms with Gasteiger partial charge in [-0.15, -0.1) is 0 Å². The normalized spacial score (nSPS) is 9.84. The minimum atomic E-state index is -0.0925. The van der Waals surface area contributed by atoms with Crippen molar-refractivity contribution in [2.75, 3.05) is 39.3 Å². The Kier molecular flexibility index (Phi) is 12.4. The number of amides is 2. The van der Waals surface area contributed by atoms with Crippen LogP contribution in [0.1, 0.15) is 35.1 Å². The first-order chi connectivity index (χ1) is 18.0. The predicted octanol–water partition coefficient (Wildman–Crippen LogP) is 3.69. The van der Waals surface area contributed by atoms with Crippen LogP contribution < -0.4 is 0 Å². The lowest BCUT2D eigenvalue weighted by atomic mass is 10.0. The molecule has 0 fully saturated rings. The lowest BCUT2D eigenvalue weighted by molar-refractivity contribution is -0.131. The summed E-state index contributed by atoms with van der Waals surface area (Å²) in [5.74, 6) is -0.172. The van der Waals surface area contributed by atoms with Gasteiger partial charge in [0.1, 0.15) is 0 Å². The summed E-state index contributed by atoms with van der Waals surface area (Å²) in [6.07, 6.45) is 1.65. The van der Waals surface area contributed by atoms with Crippen LogP contribution in [0.15, 0.2) is 48.5 Å². The molecule has 2 amide bonds. The van der Waals surface area contributed by atoms with Crippen molar-refractivity contribution >= 4 is 11.8 Å². The van der Waals surface area contributed by atoms with E-state index in [1.807, 2.05) is 60.7 Å². The molecule has 8 nitrogen and oxygen atoms in total. The van der Waals surface area contributed by atoms with Crippen LogP contribution in [-0.4, -0.2) is 60.9 Å². The number of rotatable bonds is 14. The van der Waals surface area contributed by atoms with Crippen LogP contribution in [-0.2, 0) is 28.9 Å². The summed E-state index contributed by atoms with van der Waals surface area (Å²) in [5, 5.41) is 17.6. The van der Waals surface area contributed by atoms with Gasteiger partial charge in [-0.05, 0) is 28.7 Å². The van der Waals surface area contributed by atoms with Crippen LogP contribution in [0, 0.1) is 35.8 Å². The Bertz CT molecular complexity index is 1060. The van der Waals surface area contributed by atoms with E-state index in [1.165, 1.54) is 0 Å². The van der Waals surface area contributed by atoms with E-state index in [1.54, 1.807) is 9.80 Å². The van der Waals surface area contributed by atoms with Crippen molar-refractivity contribution in [1.82, 2.24) is 9.80 Å². The highest BCUT2D eigenvalue weighted by Gasteiger charge is 2.16. The Hall–Kier alpha value is -4.66. The molecule has 0 aliphatic heterocycles. The number of nitriles is 2. The van der Waals surface area contributed by atoms with Crippen LogP contribution in [0.4, 0.5) is 0 Å². The first kappa shape index (κ1) is 28.6. The zero-order valence-corrected chi connectivity index (χ0v) is 20.9. The van der Waals surface area contributed by atoms with E-state index in [2.05, 4.69) is 9.69 Å². The largest absolute Gasteiger partial charge is 0.340 e. The molecule has 0 aromatic heterocycles. The van der Waals surface area contributed by atoms with Gasteiger partial charge in [0.05, 0.1) is 50.9 Å². The molecule has 0 saturated carbocycles. The SMILES string of the molecule is [C-]#[N+]CCN(CC[N+]#[C-])C(=O)Cc1ccc(Cc2ccc(CC(=O)N(CCC#N)CCC#N)cc2)cc1. The highest BCUT2D eigenvalue weighted by molar-refractivity contribution is 5.79. The van der Waals surface area contributed by atoms with Crippen LogP contribution in [0.25, 0.3) is 9.69 Å². The first-order valence-corrected chi connectivity index (χ1v) is 12.1. The summed E-state index contributed by atoms with van der Waals surface area (Å²) in [5.41, 5.74) is 3.95. The van der Waals surface area contributed by atoms with Gasteiger partial charge in [0, 0.05) is 13.1 Å². The molecule has 0 atom stereocenters. The molecule has 0 saturated heterocycles. The van der Waals surface area contributed by atoms with Gasteiger partial charge in [0.15, 0.2) is 0 Å². The van der Waals surface area contributed by atoms with E-state index < -0.39 is 0 Å². The maximum absolute atomic E-state index is 12.6. The van der Waals surface area contributed by atoms with Crippen molar-refractivity contribution in [3.05, 3.63) is 93.6 Å². The Morgan fingerprint density at radius 1 is 0.649 bits per heavy atom. The van der Waals surface area contributed by atoms with Crippen molar-refractivity contribution < 1.29 is 9.59 Å². The molecular weight excluding hydrogens is 464 g/mol. The minimum absolute atomic E-state index is 0.0796. The van der Waals surface area contributed by atoms with E-state index in [0.29, 0.717) is 32.6 Å². The lowest BCUT2D eigenvalue weighted by Crippen LogP contribution is -2.36. The van der Waals surface area contributed by atoms with Gasteiger partial charge in [-0.1, -0.05) is 48.5 Å². The molecule has 0 heterocycles. The van der Waals surface area contributed by atoms with Crippen molar-refractivity contribution in [3.63, 3.8) is 0 Å². The average Bonchev–Trinajstić information content (AvgIpc) is 2.91. The zero-order valence-electron chi connectivity index (χ0n) is 20.9. The molecule has 8 heteroatoms. The molecule has 2 aromatic rings. The molecule has 0 spiro atoms. The second-order valence-electron chi connectivity index (χ2n) is 8.50. The van der Waals surface area contributed by atoms with Crippen LogP contribution >= 0.6 is 0 Å². The summed E-state index contributed by atoms with van der Waals surface area (Å²) in [4.78, 5) is 35.0. The molecule has 2 aromatic carbocycles. The standard InChI is InChI=1S/C29H30N6O2/c1-32-15-19-35(20-16-33-2)29(37)23-27-11-7-25(8-12-27)21-24-5-9-26(10-6-24)22-28(36)34(17-3-13-30)18-4-14-31/h5-12H,3-4,15-23H2. The van der Waals surface area contributed by atoms with Gasteiger partial charge in [0.25, 0.3) is 0 Å². The second-order valence-corrected chi connectivity index (χ2v) is 8.50. The maximum Gasteiger partial charge on any atom is 0.232 e. The van der Waals surface area contributed by atoms with Gasteiger partial charge in [-0.3, -0.25) is 9.59 Å². The first-order valence-electron chi connectivity index (χ1n) is 12.1. The van der Waals surface area contributed by atoms with Crippen molar-refractivity contribution in [2.24, 2.45) is 0 Å². The number of carbonyl (C=O) groups is 2. The van der Waals surface area contributed by atoms with Crippen molar-refractivity contribution in [2.45, 2.75) is 32.1 Å². The van der Waals surface area contributed by atoms with E-state index >= 15 is 0 Å². The second kappa shape index (κ2) is 16.1. The fourth-order valence-corrected chi connectivity index (χ4v) is 3.79. The van der Waals surface area contributed by atoms with E-state index in [0.717, 1.165) is 22.3 Å². The Labute approximate surface area is 219 Å². The van der Waals surface area contributed by atoms with Gasteiger partial charge >= 0.3 is 0 Å². The summed E-state index contributed by atoms with van der Waals surface area (Å²) >= 11 is 0. The Morgan fingerprint density at radius 2 is 1.00 bits per heavy atom. The molecule has 0 bridgehead atoms. The average molecular weight is 495 g/mol. The summed E-state index contributed by atoms with van der Waals surface area (Å²) in [6.45, 7) is 15.7. The van der Waals surface area contributed by atoms with Crippen LogP contribution in [0.5, 0.6) is 0 Å². The van der Waals surface area contributed by atoms with Gasteiger partial charge in [-0.2, -0.15) is 10.5 Å². The van der Waals surface area contributed by atoms with E-state index in [9.17, 15) is 9.59 Å². The van der Waals surface area contributed by atoms with E-state index in [-0.39, 0.29) is 50.6 Å². The number of nitrogens with zero attached hydrogens (tertiary/aromatic N) is 6. The Morgan fingerprint density at radius 3 is 1.35 bits per heavy atom. The fourth-order valence-electron chi connectivity index (χ4n) is 3.79. The lowest BCUT2D eigenvalue weighted by Gasteiger charge is -2.20. The molecule has 0 unspecified atom stereocenters. The van der Waals surface area contributed by atoms with Crippen molar-refractivity contribution in [1.29, 1.82) is 10.5 Å². The highest BCUT2D eigenvalue weighted by Crippen LogP contribution is 2.14. The maximum atomic E-state index is 12.6. The zero-order chi connectivity index (χ0) is 26.9. The number of hydrogen-bond acceptors (Lipinski definition) is 4. The van der Waals surface area contributed by atoms with Gasteiger partial charge in [0.2, 0.25) is 24.9 Å². The predicted molar refractivity (Wildman–Crippen MR) is 140 cm³/mol. The monoisotopic (exact) mass is 494 g/mol. The molecular formula is C29H30N6O2. The topological polar surface area (TPSA) is 96.9 Å². The van der Waals surface area contributed by atoms with Crippen molar-refractivity contribution in [3.8, 4) is 12.1 Å². The molecule has 0 radical (unpaired) electrons. The highest BCUT2D eigenvalue weighted by atomic mass is 16.2. The van der Waals surface area contributed by atoms with Gasteiger partial charge < -0.3 is 19.5 Å². The summed E-state index contributed by atoms with van der Waals surface area (Å²) < 4.78 is 0. The quantitative estimate of drug-likeness (QED) is 0.374. The third-order valence-electron chi connectivity index (χ3n) is 5.82. The third-order valence-corrected chi connectivity index (χ3v) is 5.82. The molecule has 37 heavy (non-hydrogen) atoms. The molecule has 0 aliphatic rings. The third kappa shape index (κ3) is 10.2. The van der Waals surface area contributed by atoms with Crippen LogP contribution in [0.3, 0.4) is 0 Å². The van der Waals surface area contributed by atoms with E-state index in [4.69, 9.17) is 23.7 Å². The minimum Gasteiger partial charge on any atom is -0.340 e.